The first-order chi connectivity index (χ1) is 25.8. The van der Waals surface area contributed by atoms with Crippen molar-refractivity contribution in [3.8, 4) is 50.6 Å². The van der Waals surface area contributed by atoms with Crippen LogP contribution in [0.25, 0.3) is 61.5 Å². The Hall–Kier alpha value is -7.04. The predicted octanol–water partition coefficient (Wildman–Crippen LogP) is 12.6. The lowest BCUT2D eigenvalue weighted by Gasteiger charge is -2.28. The summed E-state index contributed by atoms with van der Waals surface area (Å²) in [6.07, 6.45) is 3.71. The molecule has 0 N–H and O–H groups in total. The standard InChI is InChI=1S/C48H34N4/c1-4-17-35(18-5-1)41-25-10-11-27-44(41)51(39-24-16-23-38(33-39)43-26-12-14-31-49-43)40-29-30-42-45(34-40)52(46-28-13-15-32-50-46)48(37-21-8-3-9-22-37)47(42)36-19-6-2-7-20-36/h1-34H. The number of rotatable bonds is 8. The van der Waals surface area contributed by atoms with E-state index in [-0.39, 0.29) is 0 Å². The van der Waals surface area contributed by atoms with Crippen molar-refractivity contribution in [1.82, 2.24) is 14.5 Å². The number of nitrogens with zero attached hydrogens (tertiary/aromatic N) is 4. The van der Waals surface area contributed by atoms with Crippen LogP contribution in [0, 0.1) is 0 Å². The summed E-state index contributed by atoms with van der Waals surface area (Å²) in [7, 11) is 0. The molecule has 4 heteroatoms. The van der Waals surface area contributed by atoms with Crippen LogP contribution in [0.5, 0.6) is 0 Å². The van der Waals surface area contributed by atoms with Crippen LogP contribution in [0.4, 0.5) is 17.1 Å². The van der Waals surface area contributed by atoms with Gasteiger partial charge in [0.25, 0.3) is 0 Å². The minimum absolute atomic E-state index is 0.860. The number of pyridine rings is 2. The molecule has 0 fully saturated rings. The lowest BCUT2D eigenvalue weighted by molar-refractivity contribution is 1.05. The van der Waals surface area contributed by atoms with Gasteiger partial charge in [-0.1, -0.05) is 140 Å². The number of hydrogen-bond donors (Lipinski definition) is 0. The predicted molar refractivity (Wildman–Crippen MR) is 215 cm³/mol. The second-order valence-corrected chi connectivity index (χ2v) is 12.7. The van der Waals surface area contributed by atoms with Gasteiger partial charge in [-0.2, -0.15) is 0 Å². The zero-order valence-corrected chi connectivity index (χ0v) is 28.4. The van der Waals surface area contributed by atoms with Gasteiger partial charge in [-0.05, 0) is 71.3 Å². The van der Waals surface area contributed by atoms with E-state index in [4.69, 9.17) is 4.98 Å². The number of anilines is 3. The Kier molecular flexibility index (Phi) is 8.16. The summed E-state index contributed by atoms with van der Waals surface area (Å²) < 4.78 is 2.32. The molecule has 4 nitrogen and oxygen atoms in total. The van der Waals surface area contributed by atoms with Crippen LogP contribution in [-0.4, -0.2) is 14.5 Å². The molecule has 0 unspecified atom stereocenters. The van der Waals surface area contributed by atoms with Crippen molar-refractivity contribution in [2.24, 2.45) is 0 Å². The SMILES string of the molecule is c1ccc(-c2ccccc2N(c2cccc(-c3ccccn3)c2)c2ccc3c(-c4ccccc4)c(-c4ccccc4)n(-c4ccccn4)c3c2)cc1. The summed E-state index contributed by atoms with van der Waals surface area (Å²) in [4.78, 5) is 12.0. The molecule has 0 radical (unpaired) electrons. The maximum atomic E-state index is 4.92. The third-order valence-corrected chi connectivity index (χ3v) is 9.49. The number of para-hydroxylation sites is 1. The number of fused-ring (bicyclic) bond motifs is 1. The van der Waals surface area contributed by atoms with E-state index in [0.717, 1.165) is 73.0 Å². The van der Waals surface area contributed by atoms with Crippen LogP contribution in [-0.2, 0) is 0 Å². The van der Waals surface area contributed by atoms with Gasteiger partial charge in [0.2, 0.25) is 0 Å². The molecular weight excluding hydrogens is 633 g/mol. The third-order valence-electron chi connectivity index (χ3n) is 9.49. The normalized spacial score (nSPS) is 11.1. The summed E-state index contributed by atoms with van der Waals surface area (Å²) in [5.41, 5.74) is 13.0. The minimum Gasteiger partial charge on any atom is -0.310 e. The quantitative estimate of drug-likeness (QED) is 0.162. The average Bonchev–Trinajstić information content (AvgIpc) is 3.57. The smallest absolute Gasteiger partial charge is 0.137 e. The average molecular weight is 667 g/mol. The van der Waals surface area contributed by atoms with E-state index in [1.807, 2.05) is 30.6 Å². The van der Waals surface area contributed by atoms with Gasteiger partial charge in [-0.3, -0.25) is 9.55 Å². The van der Waals surface area contributed by atoms with E-state index >= 15 is 0 Å². The summed E-state index contributed by atoms with van der Waals surface area (Å²) in [6.45, 7) is 0. The largest absolute Gasteiger partial charge is 0.310 e. The molecule has 0 aliphatic rings. The molecule has 0 amide bonds. The van der Waals surface area contributed by atoms with Crippen LogP contribution in [0.1, 0.15) is 0 Å². The van der Waals surface area contributed by atoms with Crippen LogP contribution in [0.2, 0.25) is 0 Å². The Morgan fingerprint density at radius 1 is 0.423 bits per heavy atom. The van der Waals surface area contributed by atoms with Gasteiger partial charge >= 0.3 is 0 Å². The van der Waals surface area contributed by atoms with Gasteiger partial charge in [0.1, 0.15) is 5.82 Å². The third kappa shape index (κ3) is 5.72. The highest BCUT2D eigenvalue weighted by molar-refractivity contribution is 6.07. The fraction of sp³-hybridized carbons (Fsp3) is 0. The van der Waals surface area contributed by atoms with Gasteiger partial charge in [-0.15, -0.1) is 0 Å². The van der Waals surface area contributed by atoms with Crippen LogP contribution < -0.4 is 4.90 Å². The lowest BCUT2D eigenvalue weighted by Crippen LogP contribution is -2.11. The molecule has 246 valence electrons. The van der Waals surface area contributed by atoms with E-state index in [0.29, 0.717) is 0 Å². The molecule has 0 bridgehead atoms. The molecule has 0 spiro atoms. The van der Waals surface area contributed by atoms with Crippen molar-refractivity contribution in [2.45, 2.75) is 0 Å². The number of aromatic nitrogens is 3. The molecule has 52 heavy (non-hydrogen) atoms. The molecule has 3 aromatic heterocycles. The first kappa shape index (κ1) is 31.0. The van der Waals surface area contributed by atoms with Crippen LogP contribution in [0.3, 0.4) is 0 Å². The molecule has 3 heterocycles. The van der Waals surface area contributed by atoms with Crippen molar-refractivity contribution in [3.63, 3.8) is 0 Å². The van der Waals surface area contributed by atoms with Crippen molar-refractivity contribution < 1.29 is 0 Å². The fourth-order valence-electron chi connectivity index (χ4n) is 7.20. The molecule has 0 aliphatic carbocycles. The number of hydrogen-bond acceptors (Lipinski definition) is 3. The van der Waals surface area contributed by atoms with E-state index in [2.05, 4.69) is 190 Å². The monoisotopic (exact) mass is 666 g/mol. The van der Waals surface area contributed by atoms with E-state index in [1.165, 1.54) is 5.56 Å². The summed E-state index contributed by atoms with van der Waals surface area (Å²) in [5, 5.41) is 1.15. The fourth-order valence-corrected chi connectivity index (χ4v) is 7.20. The Morgan fingerprint density at radius 3 is 1.75 bits per heavy atom. The maximum absolute atomic E-state index is 4.92. The second-order valence-electron chi connectivity index (χ2n) is 12.7. The summed E-state index contributed by atoms with van der Waals surface area (Å²) in [5.74, 6) is 0.860. The first-order valence-corrected chi connectivity index (χ1v) is 17.5. The summed E-state index contributed by atoms with van der Waals surface area (Å²) >= 11 is 0. The van der Waals surface area contributed by atoms with Gasteiger partial charge in [0.05, 0.1) is 22.6 Å². The molecule has 0 saturated heterocycles. The molecule has 9 rings (SSSR count). The highest BCUT2D eigenvalue weighted by Gasteiger charge is 2.24. The Labute approximate surface area is 303 Å². The highest BCUT2D eigenvalue weighted by atomic mass is 15.1. The van der Waals surface area contributed by atoms with Crippen molar-refractivity contribution in [1.29, 1.82) is 0 Å². The first-order valence-electron chi connectivity index (χ1n) is 17.5. The van der Waals surface area contributed by atoms with Crippen LogP contribution >= 0.6 is 0 Å². The molecule has 0 aliphatic heterocycles. The van der Waals surface area contributed by atoms with E-state index < -0.39 is 0 Å². The van der Waals surface area contributed by atoms with Gasteiger partial charge in [0, 0.05) is 45.8 Å². The zero-order chi connectivity index (χ0) is 34.7. The van der Waals surface area contributed by atoms with Crippen LogP contribution in [0.15, 0.2) is 207 Å². The van der Waals surface area contributed by atoms with Crippen molar-refractivity contribution in [3.05, 3.63) is 207 Å². The minimum atomic E-state index is 0.860. The second kappa shape index (κ2) is 13.7. The molecule has 6 aromatic carbocycles. The van der Waals surface area contributed by atoms with Gasteiger partial charge in [0.15, 0.2) is 0 Å². The van der Waals surface area contributed by atoms with E-state index in [9.17, 15) is 0 Å². The number of benzene rings is 6. The van der Waals surface area contributed by atoms with E-state index in [1.54, 1.807) is 0 Å². The molecule has 9 aromatic rings. The van der Waals surface area contributed by atoms with Crippen molar-refractivity contribution in [2.75, 3.05) is 4.90 Å². The molecular formula is C48H34N4. The molecule has 0 saturated carbocycles. The Balaban J connectivity index is 1.35. The topological polar surface area (TPSA) is 34.0 Å². The van der Waals surface area contributed by atoms with Crippen molar-refractivity contribution >= 4 is 28.0 Å². The Bertz CT molecular complexity index is 2600. The lowest BCUT2D eigenvalue weighted by atomic mass is 9.98. The zero-order valence-electron chi connectivity index (χ0n) is 28.4. The van der Waals surface area contributed by atoms with Gasteiger partial charge < -0.3 is 4.90 Å². The maximum Gasteiger partial charge on any atom is 0.137 e. The Morgan fingerprint density at radius 2 is 1.04 bits per heavy atom. The van der Waals surface area contributed by atoms with Gasteiger partial charge in [-0.25, -0.2) is 4.98 Å². The molecule has 0 atom stereocenters. The summed E-state index contributed by atoms with van der Waals surface area (Å²) in [6, 6.07) is 68.3. The highest BCUT2D eigenvalue weighted by Crippen LogP contribution is 2.46.